The highest BCUT2D eigenvalue weighted by molar-refractivity contribution is 7.13. The molecule has 1 N–H and O–H groups in total. The van der Waals surface area contributed by atoms with Gasteiger partial charge >= 0.3 is 0 Å². The Hall–Kier alpha value is -1.24. The number of nitrogens with one attached hydrogen (secondary N) is 1. The Labute approximate surface area is 129 Å². The Balaban J connectivity index is 1.58. The van der Waals surface area contributed by atoms with Gasteiger partial charge in [-0.25, -0.2) is 0 Å². The van der Waals surface area contributed by atoms with E-state index in [9.17, 15) is 0 Å². The molecule has 0 amide bonds. The molecule has 2 aromatic heterocycles. The summed E-state index contributed by atoms with van der Waals surface area (Å²) < 4.78 is 5.78. The van der Waals surface area contributed by atoms with Crippen molar-refractivity contribution in [2.45, 2.75) is 26.3 Å². The SMILES string of the molecule is CCN(Cc1nnc(-c2cccs2)o1)CC1CCNCC1. The van der Waals surface area contributed by atoms with Gasteiger partial charge in [-0.15, -0.1) is 21.5 Å². The minimum absolute atomic E-state index is 0.637. The molecule has 2 aromatic rings. The van der Waals surface area contributed by atoms with E-state index in [1.807, 2.05) is 17.5 Å². The van der Waals surface area contributed by atoms with Gasteiger partial charge in [-0.05, 0) is 49.8 Å². The first kappa shape index (κ1) is 14.7. The molecule has 6 heteroatoms. The molecule has 0 bridgehead atoms. The van der Waals surface area contributed by atoms with E-state index in [0.717, 1.165) is 43.5 Å². The average Bonchev–Trinajstić information content (AvgIpc) is 3.18. The molecule has 1 aliphatic rings. The Morgan fingerprint density at radius 2 is 2.24 bits per heavy atom. The van der Waals surface area contributed by atoms with E-state index in [1.165, 1.54) is 12.8 Å². The Bertz CT molecular complexity index is 534. The van der Waals surface area contributed by atoms with E-state index >= 15 is 0 Å². The third-order valence-corrected chi connectivity index (χ3v) is 4.84. The fraction of sp³-hybridized carbons (Fsp3) is 0.600. The Morgan fingerprint density at radius 1 is 1.38 bits per heavy atom. The second-order valence-electron chi connectivity index (χ2n) is 5.50. The van der Waals surface area contributed by atoms with E-state index < -0.39 is 0 Å². The van der Waals surface area contributed by atoms with Crippen molar-refractivity contribution in [3.63, 3.8) is 0 Å². The molecule has 0 atom stereocenters. The van der Waals surface area contributed by atoms with E-state index in [-0.39, 0.29) is 0 Å². The first-order valence-corrected chi connectivity index (χ1v) is 8.52. The van der Waals surface area contributed by atoms with Gasteiger partial charge in [0.25, 0.3) is 5.89 Å². The molecule has 1 saturated heterocycles. The van der Waals surface area contributed by atoms with Crippen molar-refractivity contribution >= 4 is 11.3 Å². The van der Waals surface area contributed by atoms with Gasteiger partial charge in [0.2, 0.25) is 5.89 Å². The second kappa shape index (κ2) is 7.15. The van der Waals surface area contributed by atoms with E-state index in [4.69, 9.17) is 4.42 Å². The predicted octanol–water partition coefficient (Wildman–Crippen LogP) is 2.62. The zero-order valence-electron chi connectivity index (χ0n) is 12.4. The van der Waals surface area contributed by atoms with Crippen molar-refractivity contribution in [3.05, 3.63) is 23.4 Å². The van der Waals surface area contributed by atoms with Crippen LogP contribution in [0.3, 0.4) is 0 Å². The van der Waals surface area contributed by atoms with Crippen LogP contribution in [0.5, 0.6) is 0 Å². The van der Waals surface area contributed by atoms with Gasteiger partial charge in [0, 0.05) is 6.54 Å². The van der Waals surface area contributed by atoms with Crippen LogP contribution in [0.2, 0.25) is 0 Å². The molecule has 0 saturated carbocycles. The number of hydrogen-bond donors (Lipinski definition) is 1. The quantitative estimate of drug-likeness (QED) is 0.889. The van der Waals surface area contributed by atoms with Crippen molar-refractivity contribution in [2.75, 3.05) is 26.2 Å². The maximum atomic E-state index is 5.78. The monoisotopic (exact) mass is 306 g/mol. The molecular weight excluding hydrogens is 284 g/mol. The molecule has 3 heterocycles. The molecule has 21 heavy (non-hydrogen) atoms. The van der Waals surface area contributed by atoms with Crippen molar-refractivity contribution < 1.29 is 4.42 Å². The highest BCUT2D eigenvalue weighted by atomic mass is 32.1. The van der Waals surface area contributed by atoms with Crippen LogP contribution < -0.4 is 5.32 Å². The zero-order chi connectivity index (χ0) is 14.5. The van der Waals surface area contributed by atoms with E-state index in [0.29, 0.717) is 11.8 Å². The Kier molecular flexibility index (Phi) is 5.00. The number of piperidine rings is 1. The summed E-state index contributed by atoms with van der Waals surface area (Å²) in [4.78, 5) is 3.44. The van der Waals surface area contributed by atoms with Gasteiger partial charge in [0.15, 0.2) is 0 Å². The fourth-order valence-electron chi connectivity index (χ4n) is 2.74. The molecule has 114 valence electrons. The van der Waals surface area contributed by atoms with Gasteiger partial charge in [0.1, 0.15) is 0 Å². The van der Waals surface area contributed by atoms with Crippen LogP contribution in [0.15, 0.2) is 21.9 Å². The number of thiophene rings is 1. The van der Waals surface area contributed by atoms with E-state index in [1.54, 1.807) is 11.3 Å². The molecule has 0 aromatic carbocycles. The van der Waals surface area contributed by atoms with Gasteiger partial charge in [-0.1, -0.05) is 13.0 Å². The lowest BCUT2D eigenvalue weighted by Gasteiger charge is -2.28. The number of aromatic nitrogens is 2. The zero-order valence-corrected chi connectivity index (χ0v) is 13.2. The van der Waals surface area contributed by atoms with Gasteiger partial charge in [-0.2, -0.15) is 0 Å². The summed E-state index contributed by atoms with van der Waals surface area (Å²) in [6, 6.07) is 4.01. The predicted molar refractivity (Wildman–Crippen MR) is 84.2 cm³/mol. The molecule has 0 spiro atoms. The van der Waals surface area contributed by atoms with Crippen LogP contribution in [-0.2, 0) is 6.54 Å². The number of nitrogens with zero attached hydrogens (tertiary/aromatic N) is 3. The van der Waals surface area contributed by atoms with Crippen LogP contribution in [0.4, 0.5) is 0 Å². The third-order valence-electron chi connectivity index (χ3n) is 3.98. The molecule has 0 radical (unpaired) electrons. The minimum atomic E-state index is 0.637. The fourth-order valence-corrected chi connectivity index (χ4v) is 3.39. The standard InChI is InChI=1S/C15H22N4OS/c1-2-19(10-12-5-7-16-8-6-12)11-14-17-18-15(20-14)13-4-3-9-21-13/h3-4,9,12,16H,2,5-8,10-11H2,1H3. The largest absolute Gasteiger partial charge is 0.419 e. The van der Waals surface area contributed by atoms with Crippen molar-refractivity contribution in [1.82, 2.24) is 20.4 Å². The normalized spacial score (nSPS) is 16.7. The molecule has 3 rings (SSSR count). The molecule has 5 nitrogen and oxygen atoms in total. The van der Waals surface area contributed by atoms with Crippen LogP contribution >= 0.6 is 11.3 Å². The van der Waals surface area contributed by atoms with Crippen molar-refractivity contribution in [1.29, 1.82) is 0 Å². The molecular formula is C15H22N4OS. The van der Waals surface area contributed by atoms with Crippen LogP contribution in [-0.4, -0.2) is 41.3 Å². The minimum Gasteiger partial charge on any atom is -0.419 e. The topological polar surface area (TPSA) is 54.2 Å². The summed E-state index contributed by atoms with van der Waals surface area (Å²) in [5.74, 6) is 2.14. The average molecular weight is 306 g/mol. The molecule has 0 unspecified atom stereocenters. The smallest absolute Gasteiger partial charge is 0.257 e. The first-order valence-electron chi connectivity index (χ1n) is 7.64. The number of rotatable bonds is 6. The van der Waals surface area contributed by atoms with Crippen LogP contribution in [0.25, 0.3) is 10.8 Å². The highest BCUT2D eigenvalue weighted by Gasteiger charge is 2.18. The van der Waals surface area contributed by atoms with Crippen LogP contribution in [0, 0.1) is 5.92 Å². The highest BCUT2D eigenvalue weighted by Crippen LogP contribution is 2.23. The Morgan fingerprint density at radius 3 is 2.95 bits per heavy atom. The third kappa shape index (κ3) is 3.90. The summed E-state index contributed by atoms with van der Waals surface area (Å²) in [6.07, 6.45) is 2.53. The van der Waals surface area contributed by atoms with E-state index in [2.05, 4.69) is 27.3 Å². The summed E-state index contributed by atoms with van der Waals surface area (Å²) in [5, 5.41) is 13.8. The van der Waals surface area contributed by atoms with Gasteiger partial charge in [-0.3, -0.25) is 4.90 Å². The maximum Gasteiger partial charge on any atom is 0.257 e. The lowest BCUT2D eigenvalue weighted by atomic mass is 9.97. The van der Waals surface area contributed by atoms with Crippen molar-refractivity contribution in [3.8, 4) is 10.8 Å². The summed E-state index contributed by atoms with van der Waals surface area (Å²) >= 11 is 1.63. The van der Waals surface area contributed by atoms with Crippen LogP contribution in [0.1, 0.15) is 25.7 Å². The number of hydrogen-bond acceptors (Lipinski definition) is 6. The van der Waals surface area contributed by atoms with Gasteiger partial charge in [0.05, 0.1) is 11.4 Å². The van der Waals surface area contributed by atoms with Gasteiger partial charge < -0.3 is 9.73 Å². The second-order valence-corrected chi connectivity index (χ2v) is 6.45. The summed E-state index contributed by atoms with van der Waals surface area (Å²) in [7, 11) is 0. The van der Waals surface area contributed by atoms with Crippen molar-refractivity contribution in [2.24, 2.45) is 5.92 Å². The lowest BCUT2D eigenvalue weighted by molar-refractivity contribution is 0.192. The summed E-state index contributed by atoms with van der Waals surface area (Å²) in [5.41, 5.74) is 0. The lowest BCUT2D eigenvalue weighted by Crippen LogP contribution is -2.36. The molecule has 1 fully saturated rings. The molecule has 1 aliphatic heterocycles. The first-order chi connectivity index (χ1) is 10.3. The maximum absolute atomic E-state index is 5.78. The molecule has 0 aliphatic carbocycles. The summed E-state index contributed by atoms with van der Waals surface area (Å²) in [6.45, 7) is 7.36.